The molecule has 0 atom stereocenters. The molecular formula is C25H23N5O3. The number of phenolic OH excluding ortho intramolecular Hbond substituents is 1. The molecule has 0 spiro atoms. The second-order valence-corrected chi connectivity index (χ2v) is 7.47. The number of benzene rings is 3. The Balaban J connectivity index is 1.47. The number of nitrogens with one attached hydrogen (secondary N) is 3. The summed E-state index contributed by atoms with van der Waals surface area (Å²) in [5.41, 5.74) is 9.71. The Labute approximate surface area is 190 Å². The topological polar surface area (TPSA) is 133 Å². The quantitative estimate of drug-likeness (QED) is 0.285. The molecule has 0 aliphatic rings. The van der Waals surface area contributed by atoms with Gasteiger partial charge in [0.15, 0.2) is 5.69 Å². The van der Waals surface area contributed by atoms with Crippen LogP contribution in [0.5, 0.6) is 5.75 Å². The number of anilines is 2. The van der Waals surface area contributed by atoms with Gasteiger partial charge >= 0.3 is 0 Å². The van der Waals surface area contributed by atoms with Crippen LogP contribution in [0.3, 0.4) is 0 Å². The highest BCUT2D eigenvalue weighted by Crippen LogP contribution is 2.25. The van der Waals surface area contributed by atoms with Crippen molar-refractivity contribution in [2.24, 2.45) is 5.73 Å². The normalized spacial score (nSPS) is 10.5. The summed E-state index contributed by atoms with van der Waals surface area (Å²) in [5.74, 6) is -0.725. The minimum absolute atomic E-state index is 0.241. The van der Waals surface area contributed by atoms with Gasteiger partial charge in [-0.15, -0.1) is 0 Å². The molecule has 4 aromatic rings. The number of primary amides is 1. The van der Waals surface area contributed by atoms with Crippen LogP contribution in [0.4, 0.5) is 11.4 Å². The number of hydrogen-bond donors (Lipinski definition) is 5. The Morgan fingerprint density at radius 2 is 1.70 bits per heavy atom. The predicted octanol–water partition coefficient (Wildman–Crippen LogP) is 3.67. The van der Waals surface area contributed by atoms with E-state index in [2.05, 4.69) is 20.8 Å². The number of rotatable bonds is 8. The second-order valence-electron chi connectivity index (χ2n) is 7.47. The number of hydrogen-bond acceptors (Lipinski definition) is 5. The minimum atomic E-state index is -0.571. The van der Waals surface area contributed by atoms with Crippen molar-refractivity contribution in [3.05, 3.63) is 107 Å². The van der Waals surface area contributed by atoms with Crippen LogP contribution in [0.25, 0.3) is 0 Å². The predicted molar refractivity (Wildman–Crippen MR) is 126 cm³/mol. The average molecular weight is 441 g/mol. The van der Waals surface area contributed by atoms with Gasteiger partial charge in [0.25, 0.3) is 5.91 Å². The maximum Gasteiger partial charge on any atom is 0.276 e. The van der Waals surface area contributed by atoms with Gasteiger partial charge in [-0.1, -0.05) is 42.5 Å². The number of aromatic nitrogens is 2. The molecule has 33 heavy (non-hydrogen) atoms. The zero-order valence-corrected chi connectivity index (χ0v) is 17.7. The standard InChI is InChI=1S/C25H23N5O3/c26-24(32)18-8-5-9-20(13-18)29-25(33)23-19(15-28-30-23)14-27-21-10-3-1-6-16(21)12-17-7-2-4-11-22(17)31/h1-11,13,15,27,31H,12,14H2,(H2,26,32)(H,28,30)(H,29,33). The Kier molecular flexibility index (Phi) is 6.36. The van der Waals surface area contributed by atoms with E-state index in [1.807, 2.05) is 36.4 Å². The van der Waals surface area contributed by atoms with E-state index in [1.54, 1.807) is 36.5 Å². The highest BCUT2D eigenvalue weighted by Gasteiger charge is 2.16. The molecule has 0 fully saturated rings. The van der Waals surface area contributed by atoms with E-state index >= 15 is 0 Å². The second kappa shape index (κ2) is 9.69. The first-order valence-electron chi connectivity index (χ1n) is 10.3. The first kappa shape index (κ1) is 21.6. The molecule has 0 aliphatic carbocycles. The summed E-state index contributed by atoms with van der Waals surface area (Å²) in [6.45, 7) is 0.359. The molecule has 8 nitrogen and oxygen atoms in total. The van der Waals surface area contributed by atoms with E-state index in [-0.39, 0.29) is 11.4 Å². The zero-order valence-electron chi connectivity index (χ0n) is 17.7. The van der Waals surface area contributed by atoms with Crippen molar-refractivity contribution >= 4 is 23.2 Å². The molecule has 0 unspecified atom stereocenters. The smallest absolute Gasteiger partial charge is 0.276 e. The van der Waals surface area contributed by atoms with E-state index in [4.69, 9.17) is 5.73 Å². The molecule has 3 aromatic carbocycles. The molecule has 1 aromatic heterocycles. The van der Waals surface area contributed by atoms with Gasteiger partial charge in [0.05, 0.1) is 0 Å². The molecule has 0 bridgehead atoms. The molecule has 0 saturated heterocycles. The first-order valence-corrected chi connectivity index (χ1v) is 10.3. The van der Waals surface area contributed by atoms with Crippen LogP contribution in [0.2, 0.25) is 0 Å². The van der Waals surface area contributed by atoms with Crippen LogP contribution in [0.1, 0.15) is 37.5 Å². The molecular weight excluding hydrogens is 418 g/mol. The van der Waals surface area contributed by atoms with Gasteiger partial charge in [-0.05, 0) is 41.5 Å². The lowest BCUT2D eigenvalue weighted by atomic mass is 10.0. The van der Waals surface area contributed by atoms with E-state index in [0.29, 0.717) is 29.8 Å². The summed E-state index contributed by atoms with van der Waals surface area (Å²) in [4.78, 5) is 24.1. The van der Waals surface area contributed by atoms with Crippen molar-refractivity contribution < 1.29 is 14.7 Å². The number of para-hydroxylation sites is 2. The van der Waals surface area contributed by atoms with Crippen molar-refractivity contribution in [2.75, 3.05) is 10.6 Å². The van der Waals surface area contributed by atoms with Crippen molar-refractivity contribution in [2.45, 2.75) is 13.0 Å². The Morgan fingerprint density at radius 3 is 2.48 bits per heavy atom. The highest BCUT2D eigenvalue weighted by molar-refractivity contribution is 6.04. The van der Waals surface area contributed by atoms with Gasteiger partial charge in [-0.2, -0.15) is 5.10 Å². The van der Waals surface area contributed by atoms with Crippen LogP contribution in [-0.2, 0) is 13.0 Å². The summed E-state index contributed by atoms with van der Waals surface area (Å²) in [6.07, 6.45) is 2.22. The molecule has 166 valence electrons. The van der Waals surface area contributed by atoms with Gasteiger partial charge < -0.3 is 21.5 Å². The molecule has 6 N–H and O–H groups in total. The lowest BCUT2D eigenvalue weighted by molar-refractivity contribution is 0.0995. The molecule has 1 heterocycles. The summed E-state index contributed by atoms with van der Waals surface area (Å²) in [5, 5.41) is 23.0. The fraction of sp³-hybridized carbons (Fsp3) is 0.0800. The third-order valence-electron chi connectivity index (χ3n) is 5.20. The summed E-state index contributed by atoms with van der Waals surface area (Å²) < 4.78 is 0. The Hall–Kier alpha value is -4.59. The molecule has 4 rings (SSSR count). The largest absolute Gasteiger partial charge is 0.508 e. The summed E-state index contributed by atoms with van der Waals surface area (Å²) >= 11 is 0. The number of phenols is 1. The molecule has 2 amide bonds. The van der Waals surface area contributed by atoms with Gasteiger partial charge in [-0.3, -0.25) is 14.7 Å². The van der Waals surface area contributed by atoms with Crippen molar-refractivity contribution in [3.63, 3.8) is 0 Å². The maximum absolute atomic E-state index is 12.8. The molecule has 0 radical (unpaired) electrons. The number of carbonyl (C=O) groups is 2. The average Bonchev–Trinajstić information content (AvgIpc) is 3.29. The number of nitrogens with two attached hydrogens (primary N) is 1. The van der Waals surface area contributed by atoms with Crippen LogP contribution >= 0.6 is 0 Å². The van der Waals surface area contributed by atoms with Crippen LogP contribution in [0, 0.1) is 0 Å². The number of H-pyrrole nitrogens is 1. The zero-order chi connectivity index (χ0) is 23.2. The maximum atomic E-state index is 12.8. The van der Waals surface area contributed by atoms with Crippen molar-refractivity contribution in [1.82, 2.24) is 10.2 Å². The number of carbonyl (C=O) groups excluding carboxylic acids is 2. The number of nitrogens with zero attached hydrogens (tertiary/aromatic N) is 1. The van der Waals surface area contributed by atoms with Crippen LogP contribution in [0.15, 0.2) is 79.0 Å². The molecule has 0 aliphatic heterocycles. The van der Waals surface area contributed by atoms with Crippen molar-refractivity contribution in [3.8, 4) is 5.75 Å². The fourth-order valence-corrected chi connectivity index (χ4v) is 3.49. The summed E-state index contributed by atoms with van der Waals surface area (Å²) in [6, 6.07) is 21.4. The number of amides is 2. The van der Waals surface area contributed by atoms with Gasteiger partial charge in [0, 0.05) is 41.7 Å². The van der Waals surface area contributed by atoms with Gasteiger partial charge in [0.2, 0.25) is 5.91 Å². The van der Waals surface area contributed by atoms with Gasteiger partial charge in [-0.25, -0.2) is 0 Å². The number of aromatic amines is 1. The van der Waals surface area contributed by atoms with Gasteiger partial charge in [0.1, 0.15) is 5.75 Å². The van der Waals surface area contributed by atoms with Crippen LogP contribution in [-0.4, -0.2) is 27.1 Å². The minimum Gasteiger partial charge on any atom is -0.508 e. The van der Waals surface area contributed by atoms with Crippen LogP contribution < -0.4 is 16.4 Å². The lowest BCUT2D eigenvalue weighted by Crippen LogP contribution is -2.17. The molecule has 0 saturated carbocycles. The third-order valence-corrected chi connectivity index (χ3v) is 5.20. The fourth-order valence-electron chi connectivity index (χ4n) is 3.49. The van der Waals surface area contributed by atoms with E-state index in [1.165, 1.54) is 6.07 Å². The highest BCUT2D eigenvalue weighted by atomic mass is 16.3. The molecule has 8 heteroatoms. The van der Waals surface area contributed by atoms with E-state index < -0.39 is 11.8 Å². The number of aromatic hydroxyl groups is 1. The SMILES string of the molecule is NC(=O)c1cccc(NC(=O)c2n[nH]cc2CNc2ccccc2Cc2ccccc2O)c1. The van der Waals surface area contributed by atoms with E-state index in [9.17, 15) is 14.7 Å². The monoisotopic (exact) mass is 441 g/mol. The summed E-state index contributed by atoms with van der Waals surface area (Å²) in [7, 11) is 0. The Morgan fingerprint density at radius 1 is 0.939 bits per heavy atom. The third kappa shape index (κ3) is 5.19. The lowest BCUT2D eigenvalue weighted by Gasteiger charge is -2.13. The first-order chi connectivity index (χ1) is 16.0. The van der Waals surface area contributed by atoms with E-state index in [0.717, 1.165) is 16.8 Å². The van der Waals surface area contributed by atoms with Crippen molar-refractivity contribution in [1.29, 1.82) is 0 Å². The Bertz CT molecular complexity index is 1300.